The number of nitrogens with zero attached hydrogens (tertiary/aromatic N) is 1. The van der Waals surface area contributed by atoms with Crippen LogP contribution in [0.2, 0.25) is 5.02 Å². The van der Waals surface area contributed by atoms with Gasteiger partial charge in [-0.2, -0.15) is 0 Å². The second kappa shape index (κ2) is 10.2. The molecule has 0 bridgehead atoms. The van der Waals surface area contributed by atoms with Gasteiger partial charge >= 0.3 is 5.97 Å². The van der Waals surface area contributed by atoms with Crippen LogP contribution in [0.1, 0.15) is 26.3 Å². The van der Waals surface area contributed by atoms with Gasteiger partial charge in [-0.1, -0.05) is 76.1 Å². The molecule has 7 heteroatoms. The summed E-state index contributed by atoms with van der Waals surface area (Å²) in [5, 5.41) is 13.7. The summed E-state index contributed by atoms with van der Waals surface area (Å²) in [7, 11) is 0. The van der Waals surface area contributed by atoms with E-state index in [0.29, 0.717) is 44.0 Å². The predicted molar refractivity (Wildman–Crippen MR) is 151 cm³/mol. The van der Waals surface area contributed by atoms with Gasteiger partial charge < -0.3 is 10.4 Å². The van der Waals surface area contributed by atoms with Gasteiger partial charge in [0.05, 0.1) is 22.3 Å². The lowest BCUT2D eigenvalue weighted by atomic mass is 9.96. The highest BCUT2D eigenvalue weighted by molar-refractivity contribution is 9.10. The van der Waals surface area contributed by atoms with Crippen molar-refractivity contribution in [1.82, 2.24) is 4.98 Å². The van der Waals surface area contributed by atoms with E-state index >= 15 is 0 Å². The van der Waals surface area contributed by atoms with E-state index in [1.807, 2.05) is 61.5 Å². The fraction of sp³-hybridized carbons (Fsp3) is 0.0333. The molecular formula is C30H20BrClN2O3. The van der Waals surface area contributed by atoms with Crippen LogP contribution in [0.3, 0.4) is 0 Å². The molecule has 1 aromatic heterocycles. The van der Waals surface area contributed by atoms with Crippen molar-refractivity contribution in [2.24, 2.45) is 0 Å². The zero-order valence-corrected chi connectivity index (χ0v) is 22.0. The SMILES string of the molecule is Cc1c(-c2ccccc2)nc2ccc(Br)cc2c1C(=O)Nc1ccc(C(=O)O)cc1-c1ccccc1Cl. The predicted octanol–water partition coefficient (Wildman–Crippen LogP) is 8.24. The fourth-order valence-electron chi connectivity index (χ4n) is 4.37. The summed E-state index contributed by atoms with van der Waals surface area (Å²) in [5.74, 6) is -1.41. The van der Waals surface area contributed by atoms with E-state index in [1.54, 1.807) is 24.3 Å². The monoisotopic (exact) mass is 570 g/mol. The Morgan fingerprint density at radius 2 is 1.62 bits per heavy atom. The molecule has 182 valence electrons. The molecule has 2 N–H and O–H groups in total. The van der Waals surface area contributed by atoms with Crippen LogP contribution in [0.4, 0.5) is 5.69 Å². The van der Waals surface area contributed by atoms with E-state index in [1.165, 1.54) is 12.1 Å². The number of rotatable bonds is 5. The van der Waals surface area contributed by atoms with Crippen LogP contribution in [0.25, 0.3) is 33.3 Å². The highest BCUT2D eigenvalue weighted by Gasteiger charge is 2.21. The number of fused-ring (bicyclic) bond motifs is 1. The first-order valence-electron chi connectivity index (χ1n) is 11.4. The zero-order valence-electron chi connectivity index (χ0n) is 19.6. The first-order valence-corrected chi connectivity index (χ1v) is 12.6. The van der Waals surface area contributed by atoms with Crippen LogP contribution >= 0.6 is 27.5 Å². The number of aromatic carboxylic acids is 1. The highest BCUT2D eigenvalue weighted by Crippen LogP contribution is 2.36. The number of amides is 1. The molecule has 0 aliphatic heterocycles. The number of carboxylic acids is 1. The van der Waals surface area contributed by atoms with Gasteiger partial charge in [-0.15, -0.1) is 0 Å². The number of benzene rings is 4. The van der Waals surface area contributed by atoms with Crippen LogP contribution in [-0.4, -0.2) is 22.0 Å². The minimum Gasteiger partial charge on any atom is -0.478 e. The number of halogens is 2. The van der Waals surface area contributed by atoms with Gasteiger partial charge in [0.15, 0.2) is 0 Å². The van der Waals surface area contributed by atoms with Crippen molar-refractivity contribution in [3.63, 3.8) is 0 Å². The maximum Gasteiger partial charge on any atom is 0.335 e. The third-order valence-corrected chi connectivity index (χ3v) is 6.97. The van der Waals surface area contributed by atoms with Crippen LogP contribution in [-0.2, 0) is 0 Å². The Labute approximate surface area is 226 Å². The molecular weight excluding hydrogens is 552 g/mol. The minimum atomic E-state index is -1.07. The number of anilines is 1. The van der Waals surface area contributed by atoms with Gasteiger partial charge in [0.2, 0.25) is 0 Å². The number of pyridine rings is 1. The third kappa shape index (κ3) is 4.86. The topological polar surface area (TPSA) is 79.3 Å². The number of carboxylic acid groups (broad SMARTS) is 1. The van der Waals surface area contributed by atoms with Gasteiger partial charge in [-0.25, -0.2) is 9.78 Å². The lowest BCUT2D eigenvalue weighted by Gasteiger charge is -2.17. The van der Waals surface area contributed by atoms with Gasteiger partial charge in [0, 0.05) is 37.3 Å². The first kappa shape index (κ1) is 24.7. The number of carbonyl (C=O) groups is 2. The van der Waals surface area contributed by atoms with Crippen LogP contribution in [0, 0.1) is 6.92 Å². The van der Waals surface area contributed by atoms with E-state index in [2.05, 4.69) is 21.2 Å². The van der Waals surface area contributed by atoms with Gasteiger partial charge in [0.25, 0.3) is 5.91 Å². The van der Waals surface area contributed by atoms with Crippen molar-refractivity contribution < 1.29 is 14.7 Å². The molecule has 0 aliphatic rings. The lowest BCUT2D eigenvalue weighted by Crippen LogP contribution is -2.16. The molecule has 37 heavy (non-hydrogen) atoms. The van der Waals surface area contributed by atoms with Crippen molar-refractivity contribution in [3.8, 4) is 22.4 Å². The summed E-state index contributed by atoms with van der Waals surface area (Å²) in [6, 6.07) is 27.0. The minimum absolute atomic E-state index is 0.0914. The summed E-state index contributed by atoms with van der Waals surface area (Å²) in [6.45, 7) is 1.88. The Morgan fingerprint density at radius 1 is 0.892 bits per heavy atom. The molecule has 0 atom stereocenters. The Balaban J connectivity index is 1.68. The summed E-state index contributed by atoms with van der Waals surface area (Å²) in [5.41, 5.74) is 5.19. The van der Waals surface area contributed by atoms with Gasteiger partial charge in [-0.3, -0.25) is 4.79 Å². The molecule has 4 aromatic carbocycles. The highest BCUT2D eigenvalue weighted by atomic mass is 79.9. The molecule has 0 unspecified atom stereocenters. The molecule has 0 fully saturated rings. The van der Waals surface area contributed by atoms with Gasteiger partial charge in [-0.05, 0) is 55.0 Å². The number of carbonyl (C=O) groups excluding carboxylic acids is 1. The largest absolute Gasteiger partial charge is 0.478 e. The quantitative estimate of drug-likeness (QED) is 0.223. The van der Waals surface area contributed by atoms with E-state index in [4.69, 9.17) is 16.6 Å². The Kier molecular flexibility index (Phi) is 6.78. The summed E-state index contributed by atoms with van der Waals surface area (Å²) >= 11 is 9.96. The first-order chi connectivity index (χ1) is 17.8. The van der Waals surface area contributed by atoms with Crippen molar-refractivity contribution in [2.45, 2.75) is 6.92 Å². The molecule has 1 amide bonds. The molecule has 1 heterocycles. The van der Waals surface area contributed by atoms with Crippen molar-refractivity contribution in [1.29, 1.82) is 0 Å². The smallest absolute Gasteiger partial charge is 0.335 e. The molecule has 5 aromatic rings. The Morgan fingerprint density at radius 3 is 2.35 bits per heavy atom. The maximum absolute atomic E-state index is 13.9. The van der Waals surface area contributed by atoms with Crippen molar-refractivity contribution in [3.05, 3.63) is 117 Å². The van der Waals surface area contributed by atoms with Crippen molar-refractivity contribution in [2.75, 3.05) is 5.32 Å². The molecule has 5 rings (SSSR count). The second-order valence-corrected chi connectivity index (χ2v) is 9.81. The third-order valence-electron chi connectivity index (χ3n) is 6.14. The number of nitrogens with one attached hydrogen (secondary N) is 1. The van der Waals surface area contributed by atoms with E-state index in [0.717, 1.165) is 15.6 Å². The average Bonchev–Trinajstić information content (AvgIpc) is 2.89. The average molecular weight is 572 g/mol. The number of hydrogen-bond donors (Lipinski definition) is 2. The molecule has 0 aliphatic carbocycles. The zero-order chi connectivity index (χ0) is 26.1. The standard InChI is InChI=1S/C30H20BrClN2O3/c1-17-27(23-16-20(31)12-14-26(23)33-28(17)18-7-3-2-4-8-18)29(35)34-25-13-11-19(30(36)37)15-22(25)21-9-5-6-10-24(21)32/h2-16H,1H3,(H,34,35)(H,36,37). The van der Waals surface area contributed by atoms with E-state index in [-0.39, 0.29) is 11.5 Å². The van der Waals surface area contributed by atoms with Crippen molar-refractivity contribution >= 4 is 56.0 Å². The molecule has 0 saturated carbocycles. The molecule has 0 saturated heterocycles. The Hall–Kier alpha value is -4.00. The summed E-state index contributed by atoms with van der Waals surface area (Å²) in [4.78, 5) is 30.5. The second-order valence-electron chi connectivity index (χ2n) is 8.49. The van der Waals surface area contributed by atoms with Gasteiger partial charge in [0.1, 0.15) is 0 Å². The van der Waals surface area contributed by atoms with Crippen LogP contribution < -0.4 is 5.32 Å². The lowest BCUT2D eigenvalue weighted by molar-refractivity contribution is 0.0696. The maximum atomic E-state index is 13.9. The van der Waals surface area contributed by atoms with E-state index < -0.39 is 5.97 Å². The number of hydrogen-bond acceptors (Lipinski definition) is 3. The number of aromatic nitrogens is 1. The molecule has 0 spiro atoms. The Bertz CT molecular complexity index is 1690. The molecule has 0 radical (unpaired) electrons. The van der Waals surface area contributed by atoms with Crippen LogP contribution in [0.15, 0.2) is 95.5 Å². The van der Waals surface area contributed by atoms with E-state index in [9.17, 15) is 14.7 Å². The normalized spacial score (nSPS) is 10.9. The fourth-order valence-corrected chi connectivity index (χ4v) is 4.97. The van der Waals surface area contributed by atoms with Crippen LogP contribution in [0.5, 0.6) is 0 Å². The summed E-state index contributed by atoms with van der Waals surface area (Å²) < 4.78 is 0.824. The summed E-state index contributed by atoms with van der Waals surface area (Å²) in [6.07, 6.45) is 0. The molecule has 5 nitrogen and oxygen atoms in total.